The van der Waals surface area contributed by atoms with E-state index in [4.69, 9.17) is 0 Å². The standard InChI is InChI=1S/C30H27F2N9O/c31-23-8-4-21(5-9-23)29-37-30(22-6-10-24(32)11-7-22)41(38-29)19-28(42)40-15-13-39(14-16-40)27-17-26(35-20-36-27)34-18-25-3-1-2-12-33-25/h1-12,17,20H,13-16,18-19H2,(H,34,35,36). The summed E-state index contributed by atoms with van der Waals surface area (Å²) in [5, 5.41) is 7.83. The molecule has 1 aliphatic heterocycles. The van der Waals surface area contributed by atoms with Crippen LogP contribution in [0.4, 0.5) is 20.4 Å². The first-order chi connectivity index (χ1) is 20.5. The van der Waals surface area contributed by atoms with Crippen LogP contribution in [0.3, 0.4) is 0 Å². The second kappa shape index (κ2) is 12.1. The van der Waals surface area contributed by atoms with Gasteiger partial charge in [-0.15, -0.1) is 5.10 Å². The fourth-order valence-electron chi connectivity index (χ4n) is 4.70. The van der Waals surface area contributed by atoms with Crippen molar-refractivity contribution >= 4 is 17.5 Å². The van der Waals surface area contributed by atoms with Crippen LogP contribution in [0.15, 0.2) is 85.3 Å². The van der Waals surface area contributed by atoms with Crippen LogP contribution >= 0.6 is 0 Å². The number of pyridine rings is 1. The van der Waals surface area contributed by atoms with E-state index >= 15 is 0 Å². The summed E-state index contributed by atoms with van der Waals surface area (Å²) in [7, 11) is 0. The van der Waals surface area contributed by atoms with E-state index in [-0.39, 0.29) is 24.1 Å². The molecule has 4 heterocycles. The average molecular weight is 568 g/mol. The Kier molecular flexibility index (Phi) is 7.75. The van der Waals surface area contributed by atoms with Gasteiger partial charge in [-0.3, -0.25) is 9.78 Å². The minimum Gasteiger partial charge on any atom is -0.364 e. The maximum Gasteiger partial charge on any atom is 0.244 e. The van der Waals surface area contributed by atoms with Crippen LogP contribution in [0.1, 0.15) is 5.69 Å². The van der Waals surface area contributed by atoms with E-state index in [0.29, 0.717) is 61.3 Å². The van der Waals surface area contributed by atoms with Crippen molar-refractivity contribution in [2.24, 2.45) is 0 Å². The van der Waals surface area contributed by atoms with Crippen molar-refractivity contribution in [2.75, 3.05) is 36.4 Å². The van der Waals surface area contributed by atoms with Crippen molar-refractivity contribution in [1.29, 1.82) is 0 Å². The minimum atomic E-state index is -0.377. The summed E-state index contributed by atoms with van der Waals surface area (Å²) in [5.41, 5.74) is 2.13. The zero-order chi connectivity index (χ0) is 28.9. The molecule has 2 aromatic carbocycles. The Morgan fingerprint density at radius 2 is 1.55 bits per heavy atom. The molecule has 0 radical (unpaired) electrons. The highest BCUT2D eigenvalue weighted by Crippen LogP contribution is 2.24. The Morgan fingerprint density at radius 3 is 2.24 bits per heavy atom. The number of anilines is 2. The Bertz CT molecular complexity index is 1650. The fraction of sp³-hybridized carbons (Fsp3) is 0.200. The smallest absolute Gasteiger partial charge is 0.244 e. The van der Waals surface area contributed by atoms with Gasteiger partial charge in [0.15, 0.2) is 11.6 Å². The molecule has 5 aromatic rings. The highest BCUT2D eigenvalue weighted by Gasteiger charge is 2.24. The van der Waals surface area contributed by atoms with Crippen LogP contribution in [0.25, 0.3) is 22.8 Å². The van der Waals surface area contributed by atoms with Crippen LogP contribution in [-0.4, -0.2) is 66.7 Å². The van der Waals surface area contributed by atoms with Crippen molar-refractivity contribution in [3.8, 4) is 22.8 Å². The number of carbonyl (C=O) groups excluding carboxylic acids is 1. The third kappa shape index (κ3) is 6.22. The summed E-state index contributed by atoms with van der Waals surface area (Å²) in [4.78, 5) is 34.9. The first kappa shape index (κ1) is 26.9. The van der Waals surface area contributed by atoms with E-state index in [2.05, 4.69) is 35.3 Å². The van der Waals surface area contributed by atoms with E-state index in [0.717, 1.165) is 11.5 Å². The van der Waals surface area contributed by atoms with Gasteiger partial charge in [0.1, 0.15) is 36.1 Å². The minimum absolute atomic E-state index is 0.0456. The van der Waals surface area contributed by atoms with Gasteiger partial charge in [0.2, 0.25) is 5.91 Å². The molecule has 0 saturated carbocycles. The molecular weight excluding hydrogens is 540 g/mol. The summed E-state index contributed by atoms with van der Waals surface area (Å²) in [6, 6.07) is 19.3. The third-order valence-corrected chi connectivity index (χ3v) is 6.95. The van der Waals surface area contributed by atoms with E-state index < -0.39 is 0 Å². The zero-order valence-electron chi connectivity index (χ0n) is 22.6. The molecule has 0 atom stereocenters. The maximum absolute atomic E-state index is 13.6. The predicted octanol–water partition coefficient (Wildman–Crippen LogP) is 4.04. The van der Waals surface area contributed by atoms with Crippen molar-refractivity contribution in [3.05, 3.63) is 103 Å². The second-order valence-electron chi connectivity index (χ2n) is 9.73. The summed E-state index contributed by atoms with van der Waals surface area (Å²) in [6.07, 6.45) is 3.27. The molecule has 12 heteroatoms. The monoisotopic (exact) mass is 567 g/mol. The molecule has 42 heavy (non-hydrogen) atoms. The Morgan fingerprint density at radius 1 is 0.833 bits per heavy atom. The summed E-state index contributed by atoms with van der Waals surface area (Å²) in [6.45, 7) is 2.72. The second-order valence-corrected chi connectivity index (χ2v) is 9.73. The van der Waals surface area contributed by atoms with Gasteiger partial charge >= 0.3 is 0 Å². The number of hydrogen-bond donors (Lipinski definition) is 1. The zero-order valence-corrected chi connectivity index (χ0v) is 22.6. The summed E-state index contributed by atoms with van der Waals surface area (Å²) >= 11 is 0. The van der Waals surface area contributed by atoms with E-state index in [9.17, 15) is 13.6 Å². The van der Waals surface area contributed by atoms with Crippen molar-refractivity contribution in [3.63, 3.8) is 0 Å². The van der Waals surface area contributed by atoms with E-state index in [1.807, 2.05) is 24.3 Å². The van der Waals surface area contributed by atoms with Gasteiger partial charge in [-0.1, -0.05) is 6.07 Å². The van der Waals surface area contributed by atoms with Crippen molar-refractivity contribution in [2.45, 2.75) is 13.1 Å². The molecule has 10 nitrogen and oxygen atoms in total. The fourth-order valence-corrected chi connectivity index (χ4v) is 4.70. The van der Waals surface area contributed by atoms with Gasteiger partial charge in [0.05, 0.1) is 12.2 Å². The molecule has 0 spiro atoms. The number of amides is 1. The number of benzene rings is 2. The number of nitrogens with one attached hydrogen (secondary N) is 1. The molecule has 1 aliphatic rings. The highest BCUT2D eigenvalue weighted by molar-refractivity contribution is 5.77. The molecule has 1 fully saturated rings. The number of halogens is 2. The molecule has 1 saturated heterocycles. The van der Waals surface area contributed by atoms with Crippen LogP contribution in [0.5, 0.6) is 0 Å². The van der Waals surface area contributed by atoms with E-state index in [1.165, 1.54) is 35.3 Å². The Balaban J connectivity index is 1.12. The first-order valence-electron chi connectivity index (χ1n) is 13.5. The summed E-state index contributed by atoms with van der Waals surface area (Å²) < 4.78 is 28.6. The SMILES string of the molecule is O=C(Cn1nc(-c2ccc(F)cc2)nc1-c1ccc(F)cc1)N1CCN(c2cc(NCc3ccccn3)ncn2)CC1. The molecule has 212 valence electrons. The molecule has 0 aliphatic carbocycles. The molecule has 0 bridgehead atoms. The molecule has 0 unspecified atom stereocenters. The van der Waals surface area contributed by atoms with Gasteiger partial charge in [0, 0.05) is 49.6 Å². The number of rotatable bonds is 8. The lowest BCUT2D eigenvalue weighted by Crippen LogP contribution is -2.50. The van der Waals surface area contributed by atoms with Crippen LogP contribution < -0.4 is 10.2 Å². The number of carbonyl (C=O) groups is 1. The van der Waals surface area contributed by atoms with Gasteiger partial charge < -0.3 is 15.1 Å². The van der Waals surface area contributed by atoms with Gasteiger partial charge in [-0.05, 0) is 60.7 Å². The molecular formula is C30H27F2N9O. The number of piperazine rings is 1. The Hall–Kier alpha value is -5.26. The molecule has 1 N–H and O–H groups in total. The van der Waals surface area contributed by atoms with Gasteiger partial charge in [-0.2, -0.15) is 0 Å². The molecule has 1 amide bonds. The quantitative estimate of drug-likeness (QED) is 0.300. The third-order valence-electron chi connectivity index (χ3n) is 6.95. The van der Waals surface area contributed by atoms with E-state index in [1.54, 1.807) is 35.4 Å². The highest BCUT2D eigenvalue weighted by atomic mass is 19.1. The normalized spacial score (nSPS) is 13.3. The Labute approximate surface area is 240 Å². The lowest BCUT2D eigenvalue weighted by atomic mass is 10.2. The van der Waals surface area contributed by atoms with Crippen molar-refractivity contribution < 1.29 is 13.6 Å². The van der Waals surface area contributed by atoms with Gasteiger partial charge in [-0.25, -0.2) is 28.4 Å². The molecule has 3 aromatic heterocycles. The van der Waals surface area contributed by atoms with Crippen molar-refractivity contribution in [1.82, 2.24) is 34.6 Å². The van der Waals surface area contributed by atoms with Gasteiger partial charge in [0.25, 0.3) is 0 Å². The number of hydrogen-bond acceptors (Lipinski definition) is 8. The largest absolute Gasteiger partial charge is 0.364 e. The van der Waals surface area contributed by atoms with Crippen LogP contribution in [0.2, 0.25) is 0 Å². The predicted molar refractivity (Wildman–Crippen MR) is 153 cm³/mol. The van der Waals surface area contributed by atoms with Crippen LogP contribution in [-0.2, 0) is 17.9 Å². The number of nitrogens with zero attached hydrogens (tertiary/aromatic N) is 8. The van der Waals surface area contributed by atoms with Crippen LogP contribution in [0, 0.1) is 11.6 Å². The number of aromatic nitrogens is 6. The lowest BCUT2D eigenvalue weighted by Gasteiger charge is -2.35. The lowest BCUT2D eigenvalue weighted by molar-refractivity contribution is -0.132. The summed E-state index contributed by atoms with van der Waals surface area (Å²) in [5.74, 6) is 1.38. The average Bonchev–Trinajstić information content (AvgIpc) is 3.45. The molecule has 6 rings (SSSR count). The maximum atomic E-state index is 13.6. The topological polar surface area (TPSA) is 105 Å². The first-order valence-corrected chi connectivity index (χ1v) is 13.5.